The monoisotopic (exact) mass is 271 g/mol. The van der Waals surface area contributed by atoms with E-state index in [1.165, 1.54) is 32.0 Å². The van der Waals surface area contributed by atoms with E-state index in [4.69, 9.17) is 11.6 Å². The van der Waals surface area contributed by atoms with Gasteiger partial charge in [-0.3, -0.25) is 4.79 Å². The molecule has 2 N–H and O–H groups in total. The molecule has 0 radical (unpaired) electrons. The molecule has 0 aliphatic carbocycles. The van der Waals surface area contributed by atoms with Crippen LogP contribution in [0.2, 0.25) is 5.02 Å². The van der Waals surface area contributed by atoms with Crippen LogP contribution in [0.5, 0.6) is 0 Å². The Kier molecular flexibility index (Phi) is 6.80. The lowest BCUT2D eigenvalue weighted by molar-refractivity contribution is 0.523. The van der Waals surface area contributed by atoms with Crippen molar-refractivity contribution >= 4 is 17.4 Å². The zero-order valence-electron chi connectivity index (χ0n) is 11.1. The Labute approximate surface area is 113 Å². The van der Waals surface area contributed by atoms with Gasteiger partial charge < -0.3 is 10.3 Å². The molecule has 1 heterocycles. The number of halogens is 1. The van der Waals surface area contributed by atoms with Gasteiger partial charge in [0, 0.05) is 6.54 Å². The van der Waals surface area contributed by atoms with Crippen LogP contribution in [0.25, 0.3) is 0 Å². The minimum absolute atomic E-state index is 0.136. The zero-order chi connectivity index (χ0) is 13.4. The summed E-state index contributed by atoms with van der Waals surface area (Å²) in [7, 11) is 0. The summed E-state index contributed by atoms with van der Waals surface area (Å²) in [6.07, 6.45) is 7.48. The van der Waals surface area contributed by atoms with Crippen molar-refractivity contribution in [3.8, 4) is 0 Å². The number of H-pyrrole nitrogens is 1. The van der Waals surface area contributed by atoms with Gasteiger partial charge in [0.05, 0.1) is 6.33 Å². The van der Waals surface area contributed by atoms with Crippen molar-refractivity contribution < 1.29 is 0 Å². The lowest BCUT2D eigenvalue weighted by Crippen LogP contribution is -2.12. The molecule has 0 atom stereocenters. The molecule has 1 aromatic rings. The van der Waals surface area contributed by atoms with Gasteiger partial charge in [-0.15, -0.1) is 0 Å². The highest BCUT2D eigenvalue weighted by atomic mass is 35.5. The number of anilines is 1. The van der Waals surface area contributed by atoms with Gasteiger partial charge in [-0.05, 0) is 12.3 Å². The minimum atomic E-state index is -0.300. The number of aromatic nitrogens is 2. The average molecular weight is 272 g/mol. The molecule has 0 unspecified atom stereocenters. The molecule has 0 aromatic carbocycles. The molecule has 0 saturated heterocycles. The number of hydrogen-bond acceptors (Lipinski definition) is 3. The molecule has 4 nitrogen and oxygen atoms in total. The van der Waals surface area contributed by atoms with Crippen molar-refractivity contribution in [1.29, 1.82) is 0 Å². The molecule has 18 heavy (non-hydrogen) atoms. The predicted octanol–water partition coefficient (Wildman–Crippen LogP) is 3.44. The number of unbranched alkanes of at least 4 members (excludes halogenated alkanes) is 3. The Hall–Kier alpha value is -1.03. The second-order valence-corrected chi connectivity index (χ2v) is 5.30. The second-order valence-electron chi connectivity index (χ2n) is 4.92. The Morgan fingerprint density at radius 1 is 1.33 bits per heavy atom. The SMILES string of the molecule is CC(C)CCCCCCNc1nc[nH]c(=O)c1Cl. The largest absolute Gasteiger partial charge is 0.369 e. The maximum atomic E-state index is 11.2. The van der Waals surface area contributed by atoms with Crippen LogP contribution in [0.1, 0.15) is 46.0 Å². The Morgan fingerprint density at radius 3 is 2.78 bits per heavy atom. The number of hydrogen-bond donors (Lipinski definition) is 2. The molecule has 0 aliphatic heterocycles. The number of aromatic amines is 1. The fourth-order valence-electron chi connectivity index (χ4n) is 1.74. The van der Waals surface area contributed by atoms with Crippen LogP contribution in [-0.4, -0.2) is 16.5 Å². The van der Waals surface area contributed by atoms with Gasteiger partial charge in [0.1, 0.15) is 5.02 Å². The topological polar surface area (TPSA) is 57.8 Å². The molecule has 0 bridgehead atoms. The fourth-order valence-corrected chi connectivity index (χ4v) is 1.91. The third-order valence-electron chi connectivity index (χ3n) is 2.80. The van der Waals surface area contributed by atoms with Gasteiger partial charge in [-0.1, -0.05) is 51.1 Å². The maximum Gasteiger partial charge on any atom is 0.271 e. The van der Waals surface area contributed by atoms with E-state index in [2.05, 4.69) is 29.1 Å². The van der Waals surface area contributed by atoms with Crippen LogP contribution in [0.3, 0.4) is 0 Å². The van der Waals surface area contributed by atoms with Gasteiger partial charge in [0.15, 0.2) is 5.82 Å². The van der Waals surface area contributed by atoms with Crippen molar-refractivity contribution in [2.24, 2.45) is 5.92 Å². The summed E-state index contributed by atoms with van der Waals surface area (Å²) in [6, 6.07) is 0. The predicted molar refractivity (Wildman–Crippen MR) is 76.3 cm³/mol. The summed E-state index contributed by atoms with van der Waals surface area (Å²) < 4.78 is 0. The molecule has 0 spiro atoms. The van der Waals surface area contributed by atoms with E-state index in [0.29, 0.717) is 5.82 Å². The van der Waals surface area contributed by atoms with Gasteiger partial charge in [0.2, 0.25) is 0 Å². The van der Waals surface area contributed by atoms with Crippen LogP contribution >= 0.6 is 11.6 Å². The summed E-state index contributed by atoms with van der Waals surface area (Å²) in [4.78, 5) is 17.6. The van der Waals surface area contributed by atoms with E-state index >= 15 is 0 Å². The van der Waals surface area contributed by atoms with Crippen LogP contribution in [0, 0.1) is 5.92 Å². The molecule has 0 fully saturated rings. The summed E-state index contributed by atoms with van der Waals surface area (Å²) in [5.74, 6) is 1.27. The normalized spacial score (nSPS) is 10.9. The van der Waals surface area contributed by atoms with Gasteiger partial charge in [-0.2, -0.15) is 0 Å². The molecule has 0 aliphatic rings. The van der Waals surface area contributed by atoms with E-state index in [0.717, 1.165) is 18.9 Å². The van der Waals surface area contributed by atoms with E-state index in [1.807, 2.05) is 0 Å². The highest BCUT2D eigenvalue weighted by molar-refractivity contribution is 6.32. The van der Waals surface area contributed by atoms with Crippen molar-refractivity contribution in [3.05, 3.63) is 21.7 Å². The molecule has 0 amide bonds. The van der Waals surface area contributed by atoms with Crippen LogP contribution in [0.15, 0.2) is 11.1 Å². The number of nitrogens with zero attached hydrogens (tertiary/aromatic N) is 1. The van der Waals surface area contributed by atoms with Crippen molar-refractivity contribution in [2.75, 3.05) is 11.9 Å². The molecule has 102 valence electrons. The third kappa shape index (κ3) is 5.54. The standard InChI is InChI=1S/C13H22ClN3O/c1-10(2)7-5-3-4-6-8-15-12-11(14)13(18)17-9-16-12/h9-10H,3-8H2,1-2H3,(H2,15,16,17,18). The lowest BCUT2D eigenvalue weighted by atomic mass is 10.0. The molecule has 0 saturated carbocycles. The second kappa shape index (κ2) is 8.14. The third-order valence-corrected chi connectivity index (χ3v) is 3.15. The zero-order valence-corrected chi connectivity index (χ0v) is 11.9. The van der Waals surface area contributed by atoms with Crippen LogP contribution in [-0.2, 0) is 0 Å². The molecule has 1 aromatic heterocycles. The van der Waals surface area contributed by atoms with Crippen molar-refractivity contribution in [3.63, 3.8) is 0 Å². The molecule has 5 heteroatoms. The molecular weight excluding hydrogens is 250 g/mol. The first-order chi connectivity index (χ1) is 8.61. The number of nitrogens with one attached hydrogen (secondary N) is 2. The summed E-state index contributed by atoms with van der Waals surface area (Å²) >= 11 is 5.82. The minimum Gasteiger partial charge on any atom is -0.369 e. The summed E-state index contributed by atoms with van der Waals surface area (Å²) in [5, 5.41) is 3.23. The maximum absolute atomic E-state index is 11.2. The highest BCUT2D eigenvalue weighted by Gasteiger charge is 2.04. The van der Waals surface area contributed by atoms with E-state index in [-0.39, 0.29) is 10.6 Å². The Bertz CT molecular complexity index is 403. The first-order valence-corrected chi connectivity index (χ1v) is 6.96. The van der Waals surface area contributed by atoms with Crippen LogP contribution < -0.4 is 10.9 Å². The molecule has 1 rings (SSSR count). The van der Waals surface area contributed by atoms with E-state index in [1.54, 1.807) is 0 Å². The Balaban J connectivity index is 2.15. The average Bonchev–Trinajstić information content (AvgIpc) is 2.32. The first-order valence-electron chi connectivity index (χ1n) is 6.58. The smallest absolute Gasteiger partial charge is 0.271 e. The Morgan fingerprint density at radius 2 is 2.06 bits per heavy atom. The van der Waals surface area contributed by atoms with Gasteiger partial charge in [-0.25, -0.2) is 4.98 Å². The van der Waals surface area contributed by atoms with Crippen LogP contribution in [0.4, 0.5) is 5.82 Å². The van der Waals surface area contributed by atoms with E-state index < -0.39 is 0 Å². The molecular formula is C13H22ClN3O. The highest BCUT2D eigenvalue weighted by Crippen LogP contribution is 2.13. The van der Waals surface area contributed by atoms with Crippen molar-refractivity contribution in [2.45, 2.75) is 46.0 Å². The first kappa shape index (κ1) is 15.0. The summed E-state index contributed by atoms with van der Waals surface area (Å²) in [6.45, 7) is 5.31. The van der Waals surface area contributed by atoms with Gasteiger partial charge >= 0.3 is 0 Å². The van der Waals surface area contributed by atoms with E-state index in [9.17, 15) is 4.79 Å². The van der Waals surface area contributed by atoms with Gasteiger partial charge in [0.25, 0.3) is 5.56 Å². The lowest BCUT2D eigenvalue weighted by Gasteiger charge is -2.07. The van der Waals surface area contributed by atoms with Crippen molar-refractivity contribution in [1.82, 2.24) is 9.97 Å². The number of rotatable bonds is 8. The fraction of sp³-hybridized carbons (Fsp3) is 0.692. The quantitative estimate of drug-likeness (QED) is 0.712. The summed E-state index contributed by atoms with van der Waals surface area (Å²) in [5.41, 5.74) is -0.300.